The summed E-state index contributed by atoms with van der Waals surface area (Å²) in [6.45, 7) is 0. The van der Waals surface area contributed by atoms with Gasteiger partial charge in [0, 0.05) is 31.9 Å². The average Bonchev–Trinajstić information content (AvgIpc) is 2.86. The summed E-state index contributed by atoms with van der Waals surface area (Å²) in [5.41, 5.74) is 6.04. The molecular formula is C11H19N3. The Labute approximate surface area is 85.3 Å². The zero-order chi connectivity index (χ0) is 9.97. The van der Waals surface area contributed by atoms with Crippen molar-refractivity contribution in [1.82, 2.24) is 9.55 Å². The van der Waals surface area contributed by atoms with Crippen molar-refractivity contribution >= 4 is 0 Å². The second-order valence-corrected chi connectivity index (χ2v) is 4.43. The van der Waals surface area contributed by atoms with Gasteiger partial charge in [-0.25, -0.2) is 4.98 Å². The van der Waals surface area contributed by atoms with E-state index in [4.69, 9.17) is 5.73 Å². The number of hydrogen-bond donors (Lipinski definition) is 1. The van der Waals surface area contributed by atoms with Crippen LogP contribution in [0.5, 0.6) is 0 Å². The van der Waals surface area contributed by atoms with E-state index in [2.05, 4.69) is 9.55 Å². The van der Waals surface area contributed by atoms with Crippen LogP contribution in [0.15, 0.2) is 12.4 Å². The minimum Gasteiger partial charge on any atom is -0.338 e. The number of aromatic nitrogens is 2. The van der Waals surface area contributed by atoms with Gasteiger partial charge in [0.25, 0.3) is 0 Å². The molecule has 1 aromatic rings. The van der Waals surface area contributed by atoms with Crippen molar-refractivity contribution in [2.45, 2.75) is 38.1 Å². The Kier molecular flexibility index (Phi) is 2.87. The molecule has 1 saturated carbocycles. The Balaban J connectivity index is 1.73. The molecule has 0 aliphatic heterocycles. The van der Waals surface area contributed by atoms with Gasteiger partial charge in [0.05, 0.1) is 0 Å². The zero-order valence-electron chi connectivity index (χ0n) is 8.82. The molecule has 1 aromatic heterocycles. The van der Waals surface area contributed by atoms with Crippen molar-refractivity contribution < 1.29 is 0 Å². The van der Waals surface area contributed by atoms with E-state index in [1.54, 1.807) is 0 Å². The van der Waals surface area contributed by atoms with E-state index in [1.165, 1.54) is 19.3 Å². The van der Waals surface area contributed by atoms with Crippen molar-refractivity contribution in [2.75, 3.05) is 0 Å². The lowest BCUT2D eigenvalue weighted by Crippen LogP contribution is -2.21. The molecule has 1 aliphatic rings. The van der Waals surface area contributed by atoms with Gasteiger partial charge in [0.2, 0.25) is 0 Å². The fourth-order valence-electron chi connectivity index (χ4n) is 1.85. The highest BCUT2D eigenvalue weighted by atomic mass is 15.0. The summed E-state index contributed by atoms with van der Waals surface area (Å²) < 4.78 is 2.07. The third-order valence-corrected chi connectivity index (χ3v) is 2.99. The smallest absolute Gasteiger partial charge is 0.108 e. The van der Waals surface area contributed by atoms with Gasteiger partial charge in [0.1, 0.15) is 5.82 Å². The van der Waals surface area contributed by atoms with Crippen LogP contribution in [0.1, 0.15) is 31.5 Å². The summed E-state index contributed by atoms with van der Waals surface area (Å²) >= 11 is 0. The maximum absolute atomic E-state index is 6.04. The summed E-state index contributed by atoms with van der Waals surface area (Å²) in [4.78, 5) is 4.29. The van der Waals surface area contributed by atoms with E-state index in [9.17, 15) is 0 Å². The molecule has 1 atom stereocenters. The molecule has 1 heterocycles. The molecule has 0 radical (unpaired) electrons. The van der Waals surface area contributed by atoms with Gasteiger partial charge in [-0.05, 0) is 18.8 Å². The lowest BCUT2D eigenvalue weighted by molar-refractivity contribution is 0.523. The maximum atomic E-state index is 6.04. The highest BCUT2D eigenvalue weighted by molar-refractivity contribution is 4.92. The molecule has 0 aromatic carbocycles. The summed E-state index contributed by atoms with van der Waals surface area (Å²) in [5, 5.41) is 0. The lowest BCUT2D eigenvalue weighted by atomic mass is 10.1. The fourth-order valence-corrected chi connectivity index (χ4v) is 1.85. The number of nitrogens with zero attached hydrogens (tertiary/aromatic N) is 2. The molecule has 1 aliphatic carbocycles. The van der Waals surface area contributed by atoms with Crippen molar-refractivity contribution in [3.63, 3.8) is 0 Å². The third kappa shape index (κ3) is 2.58. The highest BCUT2D eigenvalue weighted by Crippen LogP contribution is 2.33. The van der Waals surface area contributed by atoms with E-state index >= 15 is 0 Å². The van der Waals surface area contributed by atoms with Crippen LogP contribution in [0.25, 0.3) is 0 Å². The van der Waals surface area contributed by atoms with Crippen LogP contribution in [0.4, 0.5) is 0 Å². The predicted molar refractivity (Wildman–Crippen MR) is 56.8 cm³/mol. The molecule has 78 valence electrons. The predicted octanol–water partition coefficient (Wildman–Crippen LogP) is 1.48. The van der Waals surface area contributed by atoms with Gasteiger partial charge in [-0.2, -0.15) is 0 Å². The summed E-state index contributed by atoms with van der Waals surface area (Å²) in [5.74, 6) is 2.09. The van der Waals surface area contributed by atoms with Crippen LogP contribution in [0, 0.1) is 5.92 Å². The van der Waals surface area contributed by atoms with Gasteiger partial charge >= 0.3 is 0 Å². The molecule has 14 heavy (non-hydrogen) atoms. The third-order valence-electron chi connectivity index (χ3n) is 2.99. The van der Waals surface area contributed by atoms with Crippen LogP contribution in [0.3, 0.4) is 0 Å². The molecule has 1 fully saturated rings. The van der Waals surface area contributed by atoms with Crippen molar-refractivity contribution in [1.29, 1.82) is 0 Å². The van der Waals surface area contributed by atoms with Gasteiger partial charge < -0.3 is 10.3 Å². The molecule has 0 bridgehead atoms. The first-order valence-corrected chi connectivity index (χ1v) is 5.47. The van der Waals surface area contributed by atoms with Gasteiger partial charge in [-0.3, -0.25) is 0 Å². The Hall–Kier alpha value is -0.830. The monoisotopic (exact) mass is 193 g/mol. The number of imidazole rings is 1. The van der Waals surface area contributed by atoms with Gasteiger partial charge in [-0.1, -0.05) is 12.8 Å². The topological polar surface area (TPSA) is 43.8 Å². The van der Waals surface area contributed by atoms with Crippen LogP contribution in [-0.2, 0) is 13.5 Å². The normalized spacial score (nSPS) is 18.4. The molecule has 1 unspecified atom stereocenters. The van der Waals surface area contributed by atoms with Crippen molar-refractivity contribution in [3.8, 4) is 0 Å². The number of nitrogens with two attached hydrogens (primary N) is 1. The Morgan fingerprint density at radius 2 is 2.43 bits per heavy atom. The Morgan fingerprint density at radius 1 is 1.64 bits per heavy atom. The standard InChI is InChI=1S/C11H19N3/c1-14-7-6-13-11(14)5-4-10(12)8-9-2-3-9/h6-7,9-10H,2-5,8,12H2,1H3. The second kappa shape index (κ2) is 4.13. The fraction of sp³-hybridized carbons (Fsp3) is 0.727. The van der Waals surface area contributed by atoms with E-state index in [-0.39, 0.29) is 0 Å². The van der Waals surface area contributed by atoms with Gasteiger partial charge in [0.15, 0.2) is 0 Å². The average molecular weight is 193 g/mol. The SMILES string of the molecule is Cn1ccnc1CCC(N)CC1CC1. The first kappa shape index (κ1) is 9.71. The molecule has 2 rings (SSSR count). The lowest BCUT2D eigenvalue weighted by Gasteiger charge is -2.10. The summed E-state index contributed by atoms with van der Waals surface area (Å²) in [7, 11) is 2.04. The molecule has 0 spiro atoms. The van der Waals surface area contributed by atoms with Crippen LogP contribution < -0.4 is 5.73 Å². The number of aryl methyl sites for hydroxylation is 2. The number of hydrogen-bond acceptors (Lipinski definition) is 2. The second-order valence-electron chi connectivity index (χ2n) is 4.43. The van der Waals surface area contributed by atoms with Crippen LogP contribution in [0.2, 0.25) is 0 Å². The Morgan fingerprint density at radius 3 is 3.00 bits per heavy atom. The van der Waals surface area contributed by atoms with Gasteiger partial charge in [-0.15, -0.1) is 0 Å². The number of rotatable bonds is 5. The van der Waals surface area contributed by atoms with Crippen molar-refractivity contribution in [3.05, 3.63) is 18.2 Å². The Bertz CT molecular complexity index is 288. The van der Waals surface area contributed by atoms with Crippen LogP contribution >= 0.6 is 0 Å². The first-order chi connectivity index (χ1) is 6.75. The molecular weight excluding hydrogens is 174 g/mol. The first-order valence-electron chi connectivity index (χ1n) is 5.47. The highest BCUT2D eigenvalue weighted by Gasteiger charge is 2.23. The summed E-state index contributed by atoms with van der Waals surface area (Å²) in [6.07, 6.45) is 9.93. The van der Waals surface area contributed by atoms with E-state index in [0.29, 0.717) is 6.04 Å². The largest absolute Gasteiger partial charge is 0.338 e. The molecule has 0 amide bonds. The summed E-state index contributed by atoms with van der Waals surface area (Å²) in [6, 6.07) is 0.374. The molecule has 2 N–H and O–H groups in total. The molecule has 0 saturated heterocycles. The molecule has 3 nitrogen and oxygen atoms in total. The minimum atomic E-state index is 0.374. The zero-order valence-corrected chi connectivity index (χ0v) is 8.82. The van der Waals surface area contributed by atoms with E-state index < -0.39 is 0 Å². The van der Waals surface area contributed by atoms with Crippen LogP contribution in [-0.4, -0.2) is 15.6 Å². The van der Waals surface area contributed by atoms with Crippen molar-refractivity contribution in [2.24, 2.45) is 18.7 Å². The van der Waals surface area contributed by atoms with E-state index in [1.807, 2.05) is 19.4 Å². The van der Waals surface area contributed by atoms with E-state index in [0.717, 1.165) is 24.6 Å². The molecule has 3 heteroatoms. The maximum Gasteiger partial charge on any atom is 0.108 e. The quantitative estimate of drug-likeness (QED) is 0.769. The minimum absolute atomic E-state index is 0.374.